The number of benzene rings is 1. The minimum absolute atomic E-state index is 1.05. The molecule has 1 saturated heterocycles. The molecule has 2 heterocycles. The van der Waals surface area contributed by atoms with Gasteiger partial charge in [0.1, 0.15) is 0 Å². The summed E-state index contributed by atoms with van der Waals surface area (Å²) in [7, 11) is 0. The van der Waals surface area contributed by atoms with Gasteiger partial charge in [-0.2, -0.15) is 5.10 Å². The third kappa shape index (κ3) is 1.57. The Labute approximate surface area is 110 Å². The van der Waals surface area contributed by atoms with Crippen molar-refractivity contribution in [1.82, 2.24) is 10.2 Å². The van der Waals surface area contributed by atoms with E-state index < -0.39 is 0 Å². The quantitative estimate of drug-likeness (QED) is 0.855. The van der Waals surface area contributed by atoms with Crippen LogP contribution in [0.15, 0.2) is 21.2 Å². The van der Waals surface area contributed by atoms with Gasteiger partial charge in [0.25, 0.3) is 0 Å². The van der Waals surface area contributed by atoms with Crippen LogP contribution >= 0.6 is 31.9 Å². The van der Waals surface area contributed by atoms with E-state index in [1.54, 1.807) is 0 Å². The Kier molecular flexibility index (Phi) is 2.67. The summed E-state index contributed by atoms with van der Waals surface area (Å²) >= 11 is 7.20. The zero-order valence-electron chi connectivity index (χ0n) is 8.63. The molecule has 84 valence electrons. The van der Waals surface area contributed by atoms with Gasteiger partial charge in [0.15, 0.2) is 0 Å². The van der Waals surface area contributed by atoms with Gasteiger partial charge in [0, 0.05) is 27.4 Å². The van der Waals surface area contributed by atoms with E-state index in [9.17, 15) is 0 Å². The lowest BCUT2D eigenvalue weighted by molar-refractivity contribution is 0.949. The molecule has 0 atom stereocenters. The Balaban J connectivity index is 2.25. The average molecular weight is 345 g/mol. The van der Waals surface area contributed by atoms with Crippen molar-refractivity contribution in [2.24, 2.45) is 0 Å². The fourth-order valence-corrected chi connectivity index (χ4v) is 3.82. The number of nitrogens with one attached hydrogen (secondary N) is 1. The summed E-state index contributed by atoms with van der Waals surface area (Å²) in [6, 6.07) is 2.09. The number of aromatic nitrogens is 2. The van der Waals surface area contributed by atoms with E-state index in [0.717, 1.165) is 27.6 Å². The van der Waals surface area contributed by atoms with Gasteiger partial charge in [0.2, 0.25) is 0 Å². The van der Waals surface area contributed by atoms with E-state index in [1.165, 1.54) is 23.9 Å². The largest absolute Gasteiger partial charge is 0.370 e. The molecule has 1 aliphatic rings. The summed E-state index contributed by atoms with van der Waals surface area (Å²) in [6.45, 7) is 2.28. The molecule has 1 N–H and O–H groups in total. The van der Waals surface area contributed by atoms with Crippen molar-refractivity contribution in [1.29, 1.82) is 0 Å². The number of H-pyrrole nitrogens is 1. The summed E-state index contributed by atoms with van der Waals surface area (Å²) in [6.07, 6.45) is 4.46. The smallest absolute Gasteiger partial charge is 0.0814 e. The Hall–Kier alpha value is -0.550. The first-order valence-electron chi connectivity index (χ1n) is 5.33. The molecule has 0 unspecified atom stereocenters. The third-order valence-electron chi connectivity index (χ3n) is 3.04. The Morgan fingerprint density at radius 1 is 1.19 bits per heavy atom. The predicted molar refractivity (Wildman–Crippen MR) is 72.9 cm³/mol. The van der Waals surface area contributed by atoms with E-state index in [4.69, 9.17) is 0 Å². The van der Waals surface area contributed by atoms with Crippen molar-refractivity contribution in [3.63, 3.8) is 0 Å². The summed E-state index contributed by atoms with van der Waals surface area (Å²) in [5.74, 6) is 0. The first-order valence-corrected chi connectivity index (χ1v) is 6.92. The number of anilines is 1. The van der Waals surface area contributed by atoms with Gasteiger partial charge in [-0.05, 0) is 50.8 Å². The van der Waals surface area contributed by atoms with Gasteiger partial charge in [-0.1, -0.05) is 0 Å². The van der Waals surface area contributed by atoms with Gasteiger partial charge in [-0.25, -0.2) is 0 Å². The highest BCUT2D eigenvalue weighted by molar-refractivity contribution is 9.11. The molecular weight excluding hydrogens is 334 g/mol. The predicted octanol–water partition coefficient (Wildman–Crippen LogP) is 3.69. The van der Waals surface area contributed by atoms with Crippen molar-refractivity contribution in [2.45, 2.75) is 12.8 Å². The van der Waals surface area contributed by atoms with Crippen LogP contribution in [0.1, 0.15) is 12.8 Å². The number of fused-ring (bicyclic) bond motifs is 1. The van der Waals surface area contributed by atoms with Crippen LogP contribution in [0.25, 0.3) is 10.9 Å². The van der Waals surface area contributed by atoms with Crippen LogP contribution in [-0.2, 0) is 0 Å². The number of hydrogen-bond acceptors (Lipinski definition) is 2. The highest BCUT2D eigenvalue weighted by Gasteiger charge is 2.19. The number of nitrogens with zero attached hydrogens (tertiary/aromatic N) is 2. The van der Waals surface area contributed by atoms with E-state index in [1.807, 2.05) is 6.20 Å². The van der Waals surface area contributed by atoms with Gasteiger partial charge in [0.05, 0.1) is 17.4 Å². The molecule has 2 aromatic rings. The van der Waals surface area contributed by atoms with Crippen LogP contribution < -0.4 is 4.90 Å². The first kappa shape index (κ1) is 10.6. The van der Waals surface area contributed by atoms with Gasteiger partial charge < -0.3 is 4.90 Å². The Bertz CT molecular complexity index is 529. The van der Waals surface area contributed by atoms with Gasteiger partial charge >= 0.3 is 0 Å². The summed E-state index contributed by atoms with van der Waals surface area (Å²) in [5, 5.41) is 8.35. The highest BCUT2D eigenvalue weighted by atomic mass is 79.9. The minimum Gasteiger partial charge on any atom is -0.370 e. The molecule has 0 aliphatic carbocycles. The van der Waals surface area contributed by atoms with Crippen molar-refractivity contribution in [3.05, 3.63) is 21.2 Å². The Morgan fingerprint density at radius 2 is 1.94 bits per heavy atom. The zero-order chi connectivity index (χ0) is 11.1. The molecular formula is C11H11Br2N3. The molecule has 0 bridgehead atoms. The number of halogens is 2. The molecule has 16 heavy (non-hydrogen) atoms. The molecule has 5 heteroatoms. The van der Waals surface area contributed by atoms with Crippen LogP contribution in [0.2, 0.25) is 0 Å². The monoisotopic (exact) mass is 343 g/mol. The molecule has 1 aromatic carbocycles. The fourth-order valence-electron chi connectivity index (χ4n) is 2.29. The van der Waals surface area contributed by atoms with Crippen molar-refractivity contribution >= 4 is 48.5 Å². The topological polar surface area (TPSA) is 31.9 Å². The maximum absolute atomic E-state index is 4.13. The van der Waals surface area contributed by atoms with Crippen LogP contribution in [0.4, 0.5) is 5.69 Å². The lowest BCUT2D eigenvalue weighted by atomic mass is 10.2. The standard InChI is InChI=1S/C11H11Br2N3/c12-8-5-9(13)11(16-3-1-2-4-16)7-6-14-15-10(7)8/h5-6H,1-4H2,(H,14,15). The molecule has 1 fully saturated rings. The van der Waals surface area contributed by atoms with Crippen molar-refractivity contribution < 1.29 is 0 Å². The van der Waals surface area contributed by atoms with Gasteiger partial charge in [-0.15, -0.1) is 0 Å². The number of rotatable bonds is 1. The lowest BCUT2D eigenvalue weighted by Gasteiger charge is -2.20. The molecule has 0 amide bonds. The number of aromatic amines is 1. The molecule has 1 aliphatic heterocycles. The Morgan fingerprint density at radius 3 is 2.69 bits per heavy atom. The third-order valence-corrected chi connectivity index (χ3v) is 4.27. The normalized spacial score (nSPS) is 16.2. The molecule has 0 spiro atoms. The maximum atomic E-state index is 4.13. The van der Waals surface area contributed by atoms with Crippen LogP contribution in [0.5, 0.6) is 0 Å². The zero-order valence-corrected chi connectivity index (χ0v) is 11.8. The number of hydrogen-bond donors (Lipinski definition) is 1. The molecule has 3 rings (SSSR count). The first-order chi connectivity index (χ1) is 7.77. The van der Waals surface area contributed by atoms with E-state index in [2.05, 4.69) is 53.0 Å². The van der Waals surface area contributed by atoms with Crippen molar-refractivity contribution in [2.75, 3.05) is 18.0 Å². The van der Waals surface area contributed by atoms with E-state index in [-0.39, 0.29) is 0 Å². The van der Waals surface area contributed by atoms with E-state index >= 15 is 0 Å². The summed E-state index contributed by atoms with van der Waals surface area (Å²) < 4.78 is 2.19. The highest BCUT2D eigenvalue weighted by Crippen LogP contribution is 2.39. The van der Waals surface area contributed by atoms with Gasteiger partial charge in [-0.3, -0.25) is 5.10 Å². The maximum Gasteiger partial charge on any atom is 0.0814 e. The second-order valence-corrected chi connectivity index (χ2v) is 5.75. The lowest BCUT2D eigenvalue weighted by Crippen LogP contribution is -2.18. The van der Waals surface area contributed by atoms with Crippen molar-refractivity contribution in [3.8, 4) is 0 Å². The molecule has 1 aromatic heterocycles. The molecule has 0 radical (unpaired) electrons. The van der Waals surface area contributed by atoms with E-state index in [0.29, 0.717) is 0 Å². The minimum atomic E-state index is 1.05. The molecule has 0 saturated carbocycles. The summed E-state index contributed by atoms with van der Waals surface area (Å²) in [5.41, 5.74) is 2.34. The second-order valence-electron chi connectivity index (χ2n) is 4.04. The SMILES string of the molecule is Brc1cc(Br)c2[nH]ncc2c1N1CCCC1. The summed E-state index contributed by atoms with van der Waals surface area (Å²) in [4.78, 5) is 2.42. The fraction of sp³-hybridized carbons (Fsp3) is 0.364. The molecule has 3 nitrogen and oxygen atoms in total. The van der Waals surface area contributed by atoms with Crippen LogP contribution in [-0.4, -0.2) is 23.3 Å². The van der Waals surface area contributed by atoms with Crippen LogP contribution in [0.3, 0.4) is 0 Å². The average Bonchev–Trinajstić information content (AvgIpc) is 2.86. The van der Waals surface area contributed by atoms with Crippen LogP contribution in [0, 0.1) is 0 Å². The second kappa shape index (κ2) is 4.04.